The van der Waals surface area contributed by atoms with Gasteiger partial charge in [-0.3, -0.25) is 0 Å². The second-order valence-corrected chi connectivity index (χ2v) is 5.49. The smallest absolute Gasteiger partial charge is 0.120 e. The van der Waals surface area contributed by atoms with Crippen molar-refractivity contribution in [2.45, 2.75) is 19.8 Å². The highest BCUT2D eigenvalue weighted by Gasteiger charge is 2.04. The molecule has 0 amide bonds. The molecule has 0 fully saturated rings. The SMILES string of the molecule is CCCN(CCCOc1cccc(C#N)c1)CCN(C)C. The predicted molar refractivity (Wildman–Crippen MR) is 86.6 cm³/mol. The van der Waals surface area contributed by atoms with Crippen LogP contribution < -0.4 is 4.74 Å². The first-order valence-corrected chi connectivity index (χ1v) is 7.65. The molecular weight excluding hydrogens is 262 g/mol. The Bertz CT molecular complexity index is 440. The molecule has 4 nitrogen and oxygen atoms in total. The third kappa shape index (κ3) is 7.69. The number of rotatable bonds is 10. The van der Waals surface area contributed by atoms with Crippen LogP contribution in [0.4, 0.5) is 0 Å². The zero-order valence-electron chi connectivity index (χ0n) is 13.5. The Morgan fingerprint density at radius 1 is 1.14 bits per heavy atom. The summed E-state index contributed by atoms with van der Waals surface area (Å²) in [6.45, 7) is 7.29. The highest BCUT2D eigenvalue weighted by atomic mass is 16.5. The van der Waals surface area contributed by atoms with Crippen LogP contribution in [0.1, 0.15) is 25.3 Å². The first-order valence-electron chi connectivity index (χ1n) is 7.65. The molecule has 0 aromatic heterocycles. The van der Waals surface area contributed by atoms with Crippen LogP contribution in [-0.2, 0) is 0 Å². The van der Waals surface area contributed by atoms with E-state index in [9.17, 15) is 0 Å². The molecule has 0 bridgehead atoms. The highest BCUT2D eigenvalue weighted by molar-refractivity contribution is 5.36. The number of hydrogen-bond donors (Lipinski definition) is 0. The van der Waals surface area contributed by atoms with Gasteiger partial charge in [-0.05, 0) is 51.7 Å². The van der Waals surface area contributed by atoms with Gasteiger partial charge in [-0.25, -0.2) is 0 Å². The molecule has 21 heavy (non-hydrogen) atoms. The second-order valence-electron chi connectivity index (χ2n) is 5.49. The lowest BCUT2D eigenvalue weighted by molar-refractivity contribution is 0.216. The molecule has 0 saturated heterocycles. The molecule has 1 aromatic carbocycles. The number of ether oxygens (including phenoxy) is 1. The zero-order valence-corrected chi connectivity index (χ0v) is 13.5. The minimum Gasteiger partial charge on any atom is -0.494 e. The molecule has 0 unspecified atom stereocenters. The minimum atomic E-state index is 0.645. The van der Waals surface area contributed by atoms with Gasteiger partial charge in [0.15, 0.2) is 0 Å². The lowest BCUT2D eigenvalue weighted by Gasteiger charge is -2.23. The molecule has 0 N–H and O–H groups in total. The molecule has 0 spiro atoms. The molecule has 1 aromatic rings. The molecule has 0 heterocycles. The van der Waals surface area contributed by atoms with Crippen molar-refractivity contribution in [1.82, 2.24) is 9.80 Å². The molecule has 0 atom stereocenters. The molecule has 0 aliphatic heterocycles. The Labute approximate surface area is 128 Å². The van der Waals surface area contributed by atoms with Gasteiger partial charge in [0, 0.05) is 19.6 Å². The first-order chi connectivity index (χ1) is 10.2. The average Bonchev–Trinajstić information content (AvgIpc) is 2.49. The maximum absolute atomic E-state index is 8.85. The summed E-state index contributed by atoms with van der Waals surface area (Å²) in [5.41, 5.74) is 0.645. The molecule has 116 valence electrons. The molecule has 0 radical (unpaired) electrons. The van der Waals surface area contributed by atoms with Crippen molar-refractivity contribution in [1.29, 1.82) is 5.26 Å². The molecular formula is C17H27N3O. The Morgan fingerprint density at radius 2 is 1.95 bits per heavy atom. The molecule has 1 rings (SSSR count). The van der Waals surface area contributed by atoms with E-state index in [1.807, 2.05) is 12.1 Å². The summed E-state index contributed by atoms with van der Waals surface area (Å²) >= 11 is 0. The van der Waals surface area contributed by atoms with E-state index in [0.717, 1.165) is 38.3 Å². The fourth-order valence-corrected chi connectivity index (χ4v) is 2.13. The summed E-state index contributed by atoms with van der Waals surface area (Å²) in [6, 6.07) is 9.46. The molecule has 0 aliphatic carbocycles. The van der Waals surface area contributed by atoms with Crippen molar-refractivity contribution >= 4 is 0 Å². The lowest BCUT2D eigenvalue weighted by Crippen LogP contribution is -2.33. The normalized spacial score (nSPS) is 10.9. The monoisotopic (exact) mass is 289 g/mol. The van der Waals surface area contributed by atoms with Crippen LogP contribution in [0.15, 0.2) is 24.3 Å². The fraction of sp³-hybridized carbons (Fsp3) is 0.588. The molecule has 0 saturated carbocycles. The van der Waals surface area contributed by atoms with E-state index in [-0.39, 0.29) is 0 Å². The van der Waals surface area contributed by atoms with E-state index < -0.39 is 0 Å². The van der Waals surface area contributed by atoms with Gasteiger partial charge in [-0.2, -0.15) is 5.26 Å². The summed E-state index contributed by atoms with van der Waals surface area (Å²) in [5.74, 6) is 0.782. The third-order valence-corrected chi connectivity index (χ3v) is 3.25. The Hall–Kier alpha value is -1.57. The van der Waals surface area contributed by atoms with E-state index in [2.05, 4.69) is 36.9 Å². The van der Waals surface area contributed by atoms with E-state index in [1.165, 1.54) is 6.42 Å². The summed E-state index contributed by atoms with van der Waals surface area (Å²) in [7, 11) is 4.21. The van der Waals surface area contributed by atoms with Crippen molar-refractivity contribution in [2.24, 2.45) is 0 Å². The number of likely N-dealkylation sites (N-methyl/N-ethyl adjacent to an activating group) is 1. The summed E-state index contributed by atoms with van der Waals surface area (Å²) < 4.78 is 5.71. The summed E-state index contributed by atoms with van der Waals surface area (Å²) in [5, 5.41) is 8.85. The first kappa shape index (κ1) is 17.5. The fourth-order valence-electron chi connectivity index (χ4n) is 2.13. The van der Waals surface area contributed by atoms with E-state index in [0.29, 0.717) is 12.2 Å². The Balaban J connectivity index is 2.28. The van der Waals surface area contributed by atoms with Crippen LogP contribution in [-0.4, -0.2) is 56.7 Å². The Morgan fingerprint density at radius 3 is 2.62 bits per heavy atom. The van der Waals surface area contributed by atoms with Crippen LogP contribution in [0.5, 0.6) is 5.75 Å². The number of benzene rings is 1. The standard InChI is InChI=1S/C17H27N3O/c1-4-9-20(12-11-19(2)3)10-6-13-21-17-8-5-7-16(14-17)15-18/h5,7-8,14H,4,6,9-13H2,1-3H3. The topological polar surface area (TPSA) is 39.5 Å². The summed E-state index contributed by atoms with van der Waals surface area (Å²) in [6.07, 6.45) is 2.18. The molecule has 0 aliphatic rings. The van der Waals surface area contributed by atoms with Crippen LogP contribution in [0, 0.1) is 11.3 Å². The van der Waals surface area contributed by atoms with E-state index in [1.54, 1.807) is 12.1 Å². The van der Waals surface area contributed by atoms with Crippen LogP contribution in [0.3, 0.4) is 0 Å². The van der Waals surface area contributed by atoms with Crippen molar-refractivity contribution in [3.8, 4) is 11.8 Å². The van der Waals surface area contributed by atoms with Gasteiger partial charge in [0.25, 0.3) is 0 Å². The van der Waals surface area contributed by atoms with Crippen molar-refractivity contribution in [3.05, 3.63) is 29.8 Å². The van der Waals surface area contributed by atoms with Gasteiger partial charge in [0.1, 0.15) is 5.75 Å². The highest BCUT2D eigenvalue weighted by Crippen LogP contribution is 2.12. The van der Waals surface area contributed by atoms with Crippen molar-refractivity contribution < 1.29 is 4.74 Å². The number of nitrogens with zero attached hydrogens (tertiary/aromatic N) is 3. The van der Waals surface area contributed by atoms with Crippen molar-refractivity contribution in [2.75, 3.05) is 46.9 Å². The van der Waals surface area contributed by atoms with Crippen LogP contribution in [0.2, 0.25) is 0 Å². The Kier molecular flexibility index (Phi) is 8.49. The number of nitriles is 1. The van der Waals surface area contributed by atoms with Gasteiger partial charge in [0.05, 0.1) is 18.2 Å². The van der Waals surface area contributed by atoms with Crippen LogP contribution in [0.25, 0.3) is 0 Å². The number of hydrogen-bond acceptors (Lipinski definition) is 4. The average molecular weight is 289 g/mol. The van der Waals surface area contributed by atoms with Gasteiger partial charge >= 0.3 is 0 Å². The van der Waals surface area contributed by atoms with Gasteiger partial charge < -0.3 is 14.5 Å². The summed E-state index contributed by atoms with van der Waals surface area (Å²) in [4.78, 5) is 4.70. The maximum atomic E-state index is 8.85. The van der Waals surface area contributed by atoms with Gasteiger partial charge in [-0.15, -0.1) is 0 Å². The van der Waals surface area contributed by atoms with Gasteiger partial charge in [-0.1, -0.05) is 13.0 Å². The van der Waals surface area contributed by atoms with Crippen molar-refractivity contribution in [3.63, 3.8) is 0 Å². The maximum Gasteiger partial charge on any atom is 0.120 e. The predicted octanol–water partition coefficient (Wildman–Crippen LogP) is 2.60. The lowest BCUT2D eigenvalue weighted by atomic mass is 10.2. The van der Waals surface area contributed by atoms with Gasteiger partial charge in [0.2, 0.25) is 0 Å². The largest absolute Gasteiger partial charge is 0.494 e. The minimum absolute atomic E-state index is 0.645. The zero-order chi connectivity index (χ0) is 15.5. The third-order valence-electron chi connectivity index (χ3n) is 3.25. The van der Waals surface area contributed by atoms with E-state index >= 15 is 0 Å². The second kappa shape index (κ2) is 10.2. The molecule has 4 heteroatoms. The van der Waals surface area contributed by atoms with Crippen LogP contribution >= 0.6 is 0 Å². The quantitative estimate of drug-likeness (QED) is 0.621. The van der Waals surface area contributed by atoms with E-state index in [4.69, 9.17) is 10.00 Å².